The fourth-order valence-electron chi connectivity index (χ4n) is 2.87. The van der Waals surface area contributed by atoms with Crippen LogP contribution in [0.25, 0.3) is 16.9 Å². The number of anilines is 1. The van der Waals surface area contributed by atoms with Crippen molar-refractivity contribution >= 4 is 27.7 Å². The van der Waals surface area contributed by atoms with Crippen LogP contribution < -0.4 is 5.32 Å². The van der Waals surface area contributed by atoms with E-state index < -0.39 is 6.09 Å². The molecular weight excluding hydrogens is 430 g/mol. The standard InChI is InChI=1S/C23H18BrN3O2/c24-19-13-11-18(12-14-19)22-21(15-27(26-22)20-9-5-2-6-10-20)25-23(28)29-16-17-7-3-1-4-8-17/h1-15H,16H2,(H,25,28). The van der Waals surface area contributed by atoms with Crippen LogP contribution in [0.1, 0.15) is 5.56 Å². The van der Waals surface area contributed by atoms with Crippen molar-refractivity contribution in [1.29, 1.82) is 0 Å². The van der Waals surface area contributed by atoms with E-state index in [4.69, 9.17) is 4.74 Å². The summed E-state index contributed by atoms with van der Waals surface area (Å²) >= 11 is 3.45. The van der Waals surface area contributed by atoms with Gasteiger partial charge in [-0.25, -0.2) is 9.48 Å². The van der Waals surface area contributed by atoms with Crippen molar-refractivity contribution in [2.45, 2.75) is 6.61 Å². The number of hydrogen-bond acceptors (Lipinski definition) is 3. The SMILES string of the molecule is O=C(Nc1cn(-c2ccccc2)nc1-c1ccc(Br)cc1)OCc1ccccc1. The molecule has 3 aromatic carbocycles. The first-order chi connectivity index (χ1) is 14.2. The fourth-order valence-corrected chi connectivity index (χ4v) is 3.13. The summed E-state index contributed by atoms with van der Waals surface area (Å²) in [7, 11) is 0. The second kappa shape index (κ2) is 8.75. The molecule has 0 spiro atoms. The van der Waals surface area contributed by atoms with Crippen molar-refractivity contribution in [2.24, 2.45) is 0 Å². The van der Waals surface area contributed by atoms with Crippen molar-refractivity contribution < 1.29 is 9.53 Å². The van der Waals surface area contributed by atoms with Crippen LogP contribution in [0, 0.1) is 0 Å². The number of ether oxygens (including phenoxy) is 1. The topological polar surface area (TPSA) is 56.2 Å². The van der Waals surface area contributed by atoms with Crippen LogP contribution >= 0.6 is 15.9 Å². The van der Waals surface area contributed by atoms with Crippen LogP contribution in [0.4, 0.5) is 10.5 Å². The highest BCUT2D eigenvalue weighted by atomic mass is 79.9. The molecule has 4 aromatic rings. The predicted octanol–water partition coefficient (Wildman–Crippen LogP) is 6.05. The Morgan fingerprint density at radius 1 is 0.931 bits per heavy atom. The molecule has 1 heterocycles. The molecule has 6 heteroatoms. The smallest absolute Gasteiger partial charge is 0.412 e. The van der Waals surface area contributed by atoms with Crippen LogP contribution in [-0.2, 0) is 11.3 Å². The second-order valence-corrected chi connectivity index (χ2v) is 7.28. The first kappa shape index (κ1) is 19.0. The van der Waals surface area contributed by atoms with Crippen LogP contribution in [0.15, 0.2) is 95.6 Å². The van der Waals surface area contributed by atoms with Gasteiger partial charge in [-0.3, -0.25) is 5.32 Å². The van der Waals surface area contributed by atoms with Gasteiger partial charge in [-0.15, -0.1) is 0 Å². The number of nitrogens with one attached hydrogen (secondary N) is 1. The lowest BCUT2D eigenvalue weighted by Gasteiger charge is -2.07. The van der Waals surface area contributed by atoms with Gasteiger partial charge in [-0.05, 0) is 29.8 Å². The maximum atomic E-state index is 12.4. The molecule has 5 nitrogen and oxygen atoms in total. The van der Waals surface area contributed by atoms with Gasteiger partial charge in [-0.2, -0.15) is 5.10 Å². The van der Waals surface area contributed by atoms with E-state index in [9.17, 15) is 4.79 Å². The van der Waals surface area contributed by atoms with E-state index in [0.717, 1.165) is 21.3 Å². The summed E-state index contributed by atoms with van der Waals surface area (Å²) in [6.07, 6.45) is 1.26. The van der Waals surface area contributed by atoms with Crippen molar-refractivity contribution in [3.05, 3.63) is 101 Å². The van der Waals surface area contributed by atoms with Gasteiger partial charge in [0.25, 0.3) is 0 Å². The zero-order chi connectivity index (χ0) is 20.1. The van der Waals surface area contributed by atoms with Crippen LogP contribution in [-0.4, -0.2) is 15.9 Å². The highest BCUT2D eigenvalue weighted by Gasteiger charge is 2.15. The molecule has 0 radical (unpaired) electrons. The molecule has 144 valence electrons. The third-order valence-corrected chi connectivity index (χ3v) is 4.83. The minimum absolute atomic E-state index is 0.202. The van der Waals surface area contributed by atoms with Crippen LogP contribution in [0.2, 0.25) is 0 Å². The number of nitrogens with zero attached hydrogens (tertiary/aromatic N) is 2. The van der Waals surface area contributed by atoms with Crippen LogP contribution in [0.3, 0.4) is 0 Å². The number of benzene rings is 3. The zero-order valence-corrected chi connectivity index (χ0v) is 17.0. The van der Waals surface area contributed by atoms with Gasteiger partial charge in [-0.1, -0.05) is 76.6 Å². The lowest BCUT2D eigenvalue weighted by atomic mass is 10.1. The molecule has 0 fully saturated rings. The van der Waals surface area contributed by atoms with Gasteiger partial charge in [0.05, 0.1) is 17.6 Å². The molecular formula is C23H18BrN3O2. The minimum atomic E-state index is -0.528. The number of aromatic nitrogens is 2. The first-order valence-corrected chi connectivity index (χ1v) is 9.87. The number of rotatable bonds is 5. The Kier molecular flexibility index (Phi) is 5.72. The van der Waals surface area contributed by atoms with Crippen molar-refractivity contribution in [3.63, 3.8) is 0 Å². The molecule has 4 rings (SSSR count). The van der Waals surface area contributed by atoms with Crippen molar-refractivity contribution in [1.82, 2.24) is 9.78 Å². The summed E-state index contributed by atoms with van der Waals surface area (Å²) in [6.45, 7) is 0.202. The van der Waals surface area contributed by atoms with Gasteiger partial charge < -0.3 is 4.74 Å². The van der Waals surface area contributed by atoms with Gasteiger partial charge in [0.2, 0.25) is 0 Å². The maximum absolute atomic E-state index is 12.4. The third-order valence-electron chi connectivity index (χ3n) is 4.30. The van der Waals surface area contributed by atoms with Gasteiger partial charge in [0.1, 0.15) is 12.3 Å². The molecule has 0 aliphatic rings. The van der Waals surface area contributed by atoms with Crippen molar-refractivity contribution in [3.8, 4) is 16.9 Å². The van der Waals surface area contributed by atoms with E-state index in [1.165, 1.54) is 0 Å². The Morgan fingerprint density at radius 3 is 2.28 bits per heavy atom. The van der Waals surface area contributed by atoms with E-state index in [1.54, 1.807) is 10.9 Å². The molecule has 29 heavy (non-hydrogen) atoms. The summed E-state index contributed by atoms with van der Waals surface area (Å²) in [5.41, 5.74) is 3.96. The van der Waals surface area contributed by atoms with E-state index in [2.05, 4.69) is 26.3 Å². The quantitative estimate of drug-likeness (QED) is 0.404. The molecule has 0 unspecified atom stereocenters. The number of halogens is 1. The predicted molar refractivity (Wildman–Crippen MR) is 117 cm³/mol. The molecule has 1 amide bonds. The van der Waals surface area contributed by atoms with Gasteiger partial charge in [0.15, 0.2) is 0 Å². The Labute approximate surface area is 177 Å². The molecule has 0 atom stereocenters. The molecule has 1 aromatic heterocycles. The van der Waals surface area contributed by atoms with Crippen molar-refractivity contribution in [2.75, 3.05) is 5.32 Å². The lowest BCUT2D eigenvalue weighted by molar-refractivity contribution is 0.155. The van der Waals surface area contributed by atoms with E-state index >= 15 is 0 Å². The first-order valence-electron chi connectivity index (χ1n) is 9.08. The Bertz CT molecular complexity index is 1090. The highest BCUT2D eigenvalue weighted by Crippen LogP contribution is 2.29. The lowest BCUT2D eigenvalue weighted by Crippen LogP contribution is -2.13. The molecule has 1 N–H and O–H groups in total. The van der Waals surface area contributed by atoms with Crippen LogP contribution in [0.5, 0.6) is 0 Å². The number of hydrogen-bond donors (Lipinski definition) is 1. The number of para-hydroxylation sites is 1. The normalized spacial score (nSPS) is 10.5. The van der Waals surface area contributed by atoms with Gasteiger partial charge in [0, 0.05) is 10.0 Å². The minimum Gasteiger partial charge on any atom is -0.444 e. The average molecular weight is 448 g/mol. The third kappa shape index (κ3) is 4.73. The summed E-state index contributed by atoms with van der Waals surface area (Å²) in [5.74, 6) is 0. The largest absolute Gasteiger partial charge is 0.444 e. The summed E-state index contributed by atoms with van der Waals surface area (Å²) in [6, 6.07) is 27.1. The summed E-state index contributed by atoms with van der Waals surface area (Å²) in [5, 5.41) is 7.51. The summed E-state index contributed by atoms with van der Waals surface area (Å²) < 4.78 is 8.08. The Hall–Kier alpha value is -3.38. The number of amides is 1. The number of carbonyl (C=O) groups is 1. The highest BCUT2D eigenvalue weighted by molar-refractivity contribution is 9.10. The average Bonchev–Trinajstić information content (AvgIpc) is 3.18. The molecule has 0 saturated carbocycles. The van der Waals surface area contributed by atoms with Gasteiger partial charge >= 0.3 is 6.09 Å². The Balaban J connectivity index is 1.59. The molecule has 0 aliphatic carbocycles. The second-order valence-electron chi connectivity index (χ2n) is 6.37. The maximum Gasteiger partial charge on any atom is 0.412 e. The monoisotopic (exact) mass is 447 g/mol. The zero-order valence-electron chi connectivity index (χ0n) is 15.5. The molecule has 0 bridgehead atoms. The summed E-state index contributed by atoms with van der Waals surface area (Å²) in [4.78, 5) is 12.4. The van der Waals surface area contributed by atoms with E-state index in [1.807, 2.05) is 84.9 Å². The Morgan fingerprint density at radius 2 is 1.59 bits per heavy atom. The molecule has 0 saturated heterocycles. The van der Waals surface area contributed by atoms with E-state index in [0.29, 0.717) is 11.4 Å². The number of carbonyl (C=O) groups excluding carboxylic acids is 1. The molecule has 0 aliphatic heterocycles. The fraction of sp³-hybridized carbons (Fsp3) is 0.0435. The van der Waals surface area contributed by atoms with E-state index in [-0.39, 0.29) is 6.61 Å².